The first-order valence-electron chi connectivity index (χ1n) is 9.93. The normalized spacial score (nSPS) is 20.3. The van der Waals surface area contributed by atoms with Gasteiger partial charge < -0.3 is 14.6 Å². The lowest BCUT2D eigenvalue weighted by Gasteiger charge is -2.33. The van der Waals surface area contributed by atoms with Gasteiger partial charge in [-0.2, -0.15) is 0 Å². The number of likely N-dealkylation sites (tertiary alicyclic amines) is 1. The number of nitrogens with zero attached hydrogens (tertiary/aromatic N) is 7. The van der Waals surface area contributed by atoms with Gasteiger partial charge in [-0.05, 0) is 32.6 Å². The Hall–Kier alpha value is -2.06. The summed E-state index contributed by atoms with van der Waals surface area (Å²) in [6, 6.07) is 0. The van der Waals surface area contributed by atoms with Gasteiger partial charge in [0.15, 0.2) is 0 Å². The Kier molecular flexibility index (Phi) is 5.36. The SMILES string of the molecule is Cc1nccnc1N1CCC(c2nnc(CN3CCC(O)CC3)n2C)CC1. The van der Waals surface area contributed by atoms with Crippen molar-refractivity contribution in [2.75, 3.05) is 31.1 Å². The third-order valence-corrected chi connectivity index (χ3v) is 5.94. The predicted octanol–water partition coefficient (Wildman–Crippen LogP) is 1.25. The van der Waals surface area contributed by atoms with E-state index in [2.05, 4.69) is 41.6 Å². The van der Waals surface area contributed by atoms with Crippen LogP contribution in [0.5, 0.6) is 0 Å². The molecule has 2 saturated heterocycles. The minimum atomic E-state index is -0.139. The summed E-state index contributed by atoms with van der Waals surface area (Å²) in [6.45, 7) is 6.63. The lowest BCUT2D eigenvalue weighted by Crippen LogP contribution is -2.36. The summed E-state index contributed by atoms with van der Waals surface area (Å²) in [5, 5.41) is 18.7. The number of piperidine rings is 2. The van der Waals surface area contributed by atoms with Gasteiger partial charge in [-0.25, -0.2) is 4.98 Å². The van der Waals surface area contributed by atoms with Crippen molar-refractivity contribution in [3.63, 3.8) is 0 Å². The van der Waals surface area contributed by atoms with Gasteiger partial charge in [-0.15, -0.1) is 10.2 Å². The highest BCUT2D eigenvalue weighted by Gasteiger charge is 2.27. The Morgan fingerprint density at radius 2 is 1.70 bits per heavy atom. The molecule has 1 N–H and O–H groups in total. The van der Waals surface area contributed by atoms with Crippen LogP contribution >= 0.6 is 0 Å². The minimum absolute atomic E-state index is 0.139. The van der Waals surface area contributed by atoms with Crippen LogP contribution < -0.4 is 4.90 Å². The molecule has 2 aromatic rings. The number of hydrogen-bond acceptors (Lipinski definition) is 7. The van der Waals surface area contributed by atoms with Crippen LogP contribution in [0.3, 0.4) is 0 Å². The molecule has 0 atom stereocenters. The van der Waals surface area contributed by atoms with Crippen LogP contribution in [0.25, 0.3) is 0 Å². The van der Waals surface area contributed by atoms with Gasteiger partial charge in [0, 0.05) is 51.5 Å². The molecule has 0 radical (unpaired) electrons. The van der Waals surface area contributed by atoms with Crippen molar-refractivity contribution in [2.45, 2.75) is 51.2 Å². The molecular weight excluding hydrogens is 342 g/mol. The van der Waals surface area contributed by atoms with E-state index >= 15 is 0 Å². The molecule has 8 nitrogen and oxygen atoms in total. The van der Waals surface area contributed by atoms with Crippen LogP contribution in [0.15, 0.2) is 12.4 Å². The first-order chi connectivity index (χ1) is 13.1. The van der Waals surface area contributed by atoms with E-state index in [1.165, 1.54) is 0 Å². The lowest BCUT2D eigenvalue weighted by molar-refractivity contribution is 0.0775. The number of aliphatic hydroxyl groups excluding tert-OH is 1. The Labute approximate surface area is 160 Å². The van der Waals surface area contributed by atoms with Gasteiger partial charge in [0.05, 0.1) is 18.3 Å². The summed E-state index contributed by atoms with van der Waals surface area (Å²) < 4.78 is 2.18. The molecule has 0 aliphatic carbocycles. The third kappa shape index (κ3) is 3.96. The average Bonchev–Trinajstić information content (AvgIpc) is 3.05. The van der Waals surface area contributed by atoms with E-state index in [0.717, 1.165) is 81.6 Å². The summed E-state index contributed by atoms with van der Waals surface area (Å²) >= 11 is 0. The number of anilines is 1. The fourth-order valence-electron chi connectivity index (χ4n) is 4.21. The number of aromatic nitrogens is 5. The summed E-state index contributed by atoms with van der Waals surface area (Å²) in [4.78, 5) is 13.5. The van der Waals surface area contributed by atoms with E-state index in [-0.39, 0.29) is 6.10 Å². The first-order valence-corrected chi connectivity index (χ1v) is 9.93. The van der Waals surface area contributed by atoms with Crippen LogP contribution in [-0.4, -0.2) is 67.0 Å². The van der Waals surface area contributed by atoms with Crippen molar-refractivity contribution < 1.29 is 5.11 Å². The number of aryl methyl sites for hydroxylation is 1. The van der Waals surface area contributed by atoms with E-state index < -0.39 is 0 Å². The summed E-state index contributed by atoms with van der Waals surface area (Å²) in [5.41, 5.74) is 0.989. The maximum atomic E-state index is 9.67. The van der Waals surface area contributed by atoms with Gasteiger partial charge in [0.25, 0.3) is 0 Å². The second-order valence-corrected chi connectivity index (χ2v) is 7.77. The largest absolute Gasteiger partial charge is 0.393 e. The molecule has 0 amide bonds. The predicted molar refractivity (Wildman–Crippen MR) is 102 cm³/mol. The van der Waals surface area contributed by atoms with Crippen molar-refractivity contribution in [2.24, 2.45) is 7.05 Å². The molecule has 0 saturated carbocycles. The summed E-state index contributed by atoms with van der Waals surface area (Å²) in [5.74, 6) is 3.56. The van der Waals surface area contributed by atoms with Crippen molar-refractivity contribution >= 4 is 5.82 Å². The minimum Gasteiger partial charge on any atom is -0.393 e. The van der Waals surface area contributed by atoms with Crippen molar-refractivity contribution in [1.29, 1.82) is 0 Å². The summed E-state index contributed by atoms with van der Waals surface area (Å²) in [7, 11) is 2.09. The molecule has 0 unspecified atom stereocenters. The average molecular weight is 371 g/mol. The molecule has 0 aromatic carbocycles. The highest BCUT2D eigenvalue weighted by atomic mass is 16.3. The van der Waals surface area contributed by atoms with Crippen LogP contribution in [0.1, 0.15) is 48.9 Å². The van der Waals surface area contributed by atoms with Gasteiger partial charge in [0.2, 0.25) is 0 Å². The van der Waals surface area contributed by atoms with E-state index in [0.29, 0.717) is 5.92 Å². The fraction of sp³-hybridized carbons (Fsp3) is 0.684. The highest BCUT2D eigenvalue weighted by molar-refractivity contribution is 5.42. The van der Waals surface area contributed by atoms with E-state index in [1.54, 1.807) is 12.4 Å². The van der Waals surface area contributed by atoms with Crippen LogP contribution in [0, 0.1) is 6.92 Å². The number of rotatable bonds is 4. The molecule has 2 aromatic heterocycles. The van der Waals surface area contributed by atoms with Crippen molar-refractivity contribution in [3.8, 4) is 0 Å². The maximum Gasteiger partial charge on any atom is 0.150 e. The lowest BCUT2D eigenvalue weighted by atomic mass is 9.96. The molecule has 4 rings (SSSR count). The van der Waals surface area contributed by atoms with Crippen LogP contribution in [0.4, 0.5) is 5.82 Å². The number of hydrogen-bond donors (Lipinski definition) is 1. The Balaban J connectivity index is 1.37. The zero-order chi connectivity index (χ0) is 18.8. The zero-order valence-corrected chi connectivity index (χ0v) is 16.3. The Morgan fingerprint density at radius 1 is 1.00 bits per heavy atom. The fourth-order valence-corrected chi connectivity index (χ4v) is 4.21. The molecule has 4 heterocycles. The highest BCUT2D eigenvalue weighted by Crippen LogP contribution is 2.29. The molecule has 2 aliphatic heterocycles. The maximum absolute atomic E-state index is 9.67. The Morgan fingerprint density at radius 3 is 2.41 bits per heavy atom. The van der Waals surface area contributed by atoms with Gasteiger partial charge in [0.1, 0.15) is 17.5 Å². The van der Waals surface area contributed by atoms with Crippen LogP contribution in [-0.2, 0) is 13.6 Å². The van der Waals surface area contributed by atoms with Crippen molar-refractivity contribution in [3.05, 3.63) is 29.7 Å². The molecule has 8 heteroatoms. The van der Waals surface area contributed by atoms with Gasteiger partial charge in [-0.1, -0.05) is 0 Å². The molecule has 146 valence electrons. The molecule has 2 aliphatic rings. The standard InChI is InChI=1S/C19H29N7O/c1-14-18(21-8-7-20-14)26-11-3-15(4-12-26)19-23-22-17(24(19)2)13-25-9-5-16(27)6-10-25/h7-8,15-16,27H,3-6,9-13H2,1-2H3. The topological polar surface area (TPSA) is 83.2 Å². The molecule has 0 bridgehead atoms. The van der Waals surface area contributed by atoms with E-state index in [9.17, 15) is 5.11 Å². The van der Waals surface area contributed by atoms with Crippen molar-refractivity contribution in [1.82, 2.24) is 29.6 Å². The second-order valence-electron chi connectivity index (χ2n) is 7.77. The monoisotopic (exact) mass is 371 g/mol. The molecule has 0 spiro atoms. The first kappa shape index (κ1) is 18.3. The van der Waals surface area contributed by atoms with Crippen LogP contribution in [0.2, 0.25) is 0 Å². The van der Waals surface area contributed by atoms with E-state index in [4.69, 9.17) is 0 Å². The summed E-state index contributed by atoms with van der Waals surface area (Å²) in [6.07, 6.45) is 7.18. The third-order valence-electron chi connectivity index (χ3n) is 5.94. The quantitative estimate of drug-likeness (QED) is 0.866. The number of aliphatic hydroxyl groups is 1. The van der Waals surface area contributed by atoms with Gasteiger partial charge >= 0.3 is 0 Å². The molecule has 2 fully saturated rings. The molecule has 27 heavy (non-hydrogen) atoms. The Bertz CT molecular complexity index is 761. The zero-order valence-electron chi connectivity index (χ0n) is 16.3. The molecular formula is C19H29N7O. The van der Waals surface area contributed by atoms with E-state index in [1.807, 2.05) is 6.92 Å². The van der Waals surface area contributed by atoms with Gasteiger partial charge in [-0.3, -0.25) is 9.88 Å². The smallest absolute Gasteiger partial charge is 0.150 e. The second kappa shape index (κ2) is 7.90.